The average molecular weight is 1280 g/mol. The Morgan fingerprint density at radius 3 is 0.541 bits per heavy atom. The Labute approximate surface area is 476 Å². The van der Waals surface area contributed by atoms with Gasteiger partial charge in [-0.15, -0.1) is 0 Å². The van der Waals surface area contributed by atoms with Crippen LogP contribution >= 0.6 is 30.2 Å². The molecule has 0 saturated carbocycles. The fourth-order valence-electron chi connectivity index (χ4n) is 11.6. The van der Waals surface area contributed by atoms with Crippen LogP contribution in [0, 0.1) is 0 Å². The first kappa shape index (κ1) is 64.0. The molecule has 74 heavy (non-hydrogen) atoms. The maximum absolute atomic E-state index is 5.38. The standard InChI is InChI=1S/4C15H23.C8H14P4.2Sn/c4*1-10(2)13-7-14(11(3)4)9-15(8-13)12(5)6;1-5-11-7(3)10-12(6-2)8(4)9-11;;/h4*7-8,10-12H,1-6H3;5-6,9-10H,3-4H2,1-2H3;;. The van der Waals surface area contributed by atoms with Crippen LogP contribution in [-0.2, 0) is 0 Å². The van der Waals surface area contributed by atoms with E-state index in [9.17, 15) is 0 Å². The van der Waals surface area contributed by atoms with E-state index >= 15 is 0 Å². The molecular formula is C68H106P4Sn2. The van der Waals surface area contributed by atoms with E-state index in [0.29, 0.717) is 78.4 Å². The summed E-state index contributed by atoms with van der Waals surface area (Å²) in [6, 6.07) is 21.5. The molecule has 6 atom stereocenters. The van der Waals surface area contributed by atoms with Crippen LogP contribution in [0.5, 0.6) is 0 Å². The molecule has 5 rings (SSSR count). The Balaban J connectivity index is 1.98. The van der Waals surface area contributed by atoms with Crippen LogP contribution in [0.3, 0.4) is 0 Å². The van der Waals surface area contributed by atoms with Crippen molar-refractivity contribution in [3.05, 3.63) is 125 Å². The molecule has 0 saturated heterocycles. The first-order valence-electron chi connectivity index (χ1n) is 29.3. The van der Waals surface area contributed by atoms with Gasteiger partial charge in [-0.25, -0.2) is 0 Å². The van der Waals surface area contributed by atoms with Crippen molar-refractivity contribution < 1.29 is 0 Å². The van der Waals surface area contributed by atoms with Gasteiger partial charge < -0.3 is 0 Å². The van der Waals surface area contributed by atoms with Crippen molar-refractivity contribution in [2.24, 2.45) is 0 Å². The van der Waals surface area contributed by atoms with E-state index in [1.54, 1.807) is 53.9 Å². The van der Waals surface area contributed by atoms with E-state index in [1.165, 1.54) is 22.3 Å². The molecule has 0 aliphatic carbocycles. The van der Waals surface area contributed by atoms with Gasteiger partial charge in [0.2, 0.25) is 0 Å². The summed E-state index contributed by atoms with van der Waals surface area (Å²) in [6.45, 7) is 75.5. The van der Waals surface area contributed by atoms with Crippen molar-refractivity contribution in [3.63, 3.8) is 0 Å². The van der Waals surface area contributed by atoms with Gasteiger partial charge in [-0.2, -0.15) is 0 Å². The molecule has 1 heterocycles. The summed E-state index contributed by atoms with van der Waals surface area (Å²) < 4.78 is 11.9. The monoisotopic (exact) mass is 1290 g/mol. The van der Waals surface area contributed by atoms with Gasteiger partial charge >= 0.3 is 480 Å². The van der Waals surface area contributed by atoms with Crippen molar-refractivity contribution in [1.29, 1.82) is 0 Å². The van der Waals surface area contributed by atoms with Crippen molar-refractivity contribution in [3.8, 4) is 0 Å². The van der Waals surface area contributed by atoms with Crippen molar-refractivity contribution in [2.45, 2.75) is 258 Å². The number of benzene rings is 4. The van der Waals surface area contributed by atoms with E-state index < -0.39 is 53.9 Å². The fourth-order valence-corrected chi connectivity index (χ4v) is 70.3. The fraction of sp³-hybridized carbons (Fsp3) is 0.588. The molecule has 0 aliphatic rings. The van der Waals surface area contributed by atoms with Crippen LogP contribution in [0.1, 0.15) is 325 Å². The number of hydrogen-bond donors (Lipinski definition) is 0. The third-order valence-electron chi connectivity index (χ3n) is 16.3. The Kier molecular flexibility index (Phi) is 23.0. The molecule has 0 spiro atoms. The van der Waals surface area contributed by atoms with E-state index in [-0.39, 0.29) is 0 Å². The Morgan fingerprint density at radius 2 is 0.419 bits per heavy atom. The first-order chi connectivity index (χ1) is 34.3. The SMILES string of the molecule is C=c1[pH]p([CH](C)[Sn]([c]2c(C(C)C)cc(C(C)C)cc2C(C)C)[c]2c(C(C)C)cc(C(C)C)cc2C(C)C)c(=C)[pH]p1[CH](C)[Sn]([c]1c(C(C)C)cc(C(C)C)cc1C(C)C)[c]1c(C(C)C)cc(C(C)C)cc1C(C)C. The van der Waals surface area contributed by atoms with Crippen LogP contribution in [0.4, 0.5) is 0 Å². The predicted octanol–water partition coefficient (Wildman–Crippen LogP) is 20.0. The minimum absolute atomic E-state index is 0.463. The second-order valence-electron chi connectivity index (χ2n) is 26.2. The third kappa shape index (κ3) is 13.8. The van der Waals surface area contributed by atoms with Gasteiger partial charge in [-0.3, -0.25) is 0 Å². The van der Waals surface area contributed by atoms with Crippen LogP contribution in [0.25, 0.3) is 13.2 Å². The topological polar surface area (TPSA) is 0 Å². The van der Waals surface area contributed by atoms with Gasteiger partial charge in [0.15, 0.2) is 0 Å². The summed E-state index contributed by atoms with van der Waals surface area (Å²) in [7, 11) is 0.612. The van der Waals surface area contributed by atoms with Crippen molar-refractivity contribution in [2.75, 3.05) is 0 Å². The molecule has 406 valence electrons. The van der Waals surface area contributed by atoms with E-state index in [1.807, 2.05) is 14.3 Å². The molecule has 0 N–H and O–H groups in total. The molecule has 1 aromatic heterocycles. The van der Waals surface area contributed by atoms with Crippen molar-refractivity contribution >= 4 is 97.2 Å². The molecular weight excluding hydrogens is 1180 g/mol. The molecule has 0 fully saturated rings. The van der Waals surface area contributed by atoms with Gasteiger partial charge in [0.25, 0.3) is 0 Å². The summed E-state index contributed by atoms with van der Waals surface area (Å²) >= 11 is -5.81. The maximum atomic E-state index is 5.38. The molecule has 4 aromatic carbocycles. The Hall–Kier alpha value is -0.843. The van der Waals surface area contributed by atoms with Gasteiger partial charge in [-0.05, 0) is 0 Å². The summed E-state index contributed by atoms with van der Waals surface area (Å²) in [5.41, 5.74) is 19.3. The number of rotatable bonds is 20. The van der Waals surface area contributed by atoms with Crippen LogP contribution < -0.4 is 23.7 Å². The predicted molar refractivity (Wildman–Crippen MR) is 353 cm³/mol. The van der Waals surface area contributed by atoms with Gasteiger partial charge in [0.1, 0.15) is 0 Å². The molecule has 5 aromatic rings. The van der Waals surface area contributed by atoms with E-state index in [2.05, 4.69) is 229 Å². The molecule has 2 radical (unpaired) electrons. The van der Waals surface area contributed by atoms with Crippen LogP contribution in [0.15, 0.2) is 48.5 Å². The average Bonchev–Trinajstić information content (AvgIpc) is 3.30. The molecule has 6 unspecified atom stereocenters. The molecule has 0 aliphatic heterocycles. The van der Waals surface area contributed by atoms with Gasteiger partial charge in [-0.1, -0.05) is 0 Å². The zero-order valence-electron chi connectivity index (χ0n) is 52.0. The molecule has 0 bridgehead atoms. The first-order valence-corrected chi connectivity index (χ1v) is 44.8. The van der Waals surface area contributed by atoms with Crippen LogP contribution in [-0.4, -0.2) is 39.5 Å². The zero-order chi connectivity index (χ0) is 55.9. The summed E-state index contributed by atoms with van der Waals surface area (Å²) in [4.78, 5) is 0. The Morgan fingerprint density at radius 1 is 0.270 bits per heavy atom. The summed E-state index contributed by atoms with van der Waals surface area (Å²) in [5, 5.41) is 0. The number of hydrogen-bond acceptors (Lipinski definition) is 0. The quantitative estimate of drug-likeness (QED) is 0.0682. The molecule has 0 nitrogen and oxygen atoms in total. The van der Waals surface area contributed by atoms with Gasteiger partial charge in [0, 0.05) is 0 Å². The van der Waals surface area contributed by atoms with E-state index in [4.69, 9.17) is 13.2 Å². The van der Waals surface area contributed by atoms with Gasteiger partial charge in [0.05, 0.1) is 0 Å². The second-order valence-corrected chi connectivity index (χ2v) is 55.2. The Bertz CT molecular complexity index is 2400. The molecule has 6 heteroatoms. The minimum atomic E-state index is -2.91. The van der Waals surface area contributed by atoms with E-state index in [0.717, 1.165) is 15.7 Å². The summed E-state index contributed by atoms with van der Waals surface area (Å²) in [6.07, 6.45) is 0. The van der Waals surface area contributed by atoms with Crippen LogP contribution in [0.2, 0.25) is 0 Å². The third-order valence-corrected chi connectivity index (χ3v) is 61.4. The zero-order valence-corrected chi connectivity index (χ0v) is 61.5. The van der Waals surface area contributed by atoms with Crippen molar-refractivity contribution in [1.82, 2.24) is 0 Å². The molecule has 0 amide bonds. The normalized spacial score (nSPS) is 14.3. The second kappa shape index (κ2) is 26.6. The summed E-state index contributed by atoms with van der Waals surface area (Å²) in [5.74, 6) is 5.70.